The molecule has 0 amide bonds. The topological polar surface area (TPSA) is 17.8 Å². The third-order valence-corrected chi connectivity index (χ3v) is 3.46. The molecular weight excluding hydrogens is 340 g/mol. The van der Waals surface area contributed by atoms with Crippen LogP contribution in [0.1, 0.15) is 5.56 Å². The van der Waals surface area contributed by atoms with Gasteiger partial charge in [0.2, 0.25) is 0 Å². The van der Waals surface area contributed by atoms with E-state index in [9.17, 15) is 0 Å². The van der Waals surface area contributed by atoms with Crippen LogP contribution >= 0.6 is 0 Å². The van der Waals surface area contributed by atoms with Crippen LogP contribution in [0.5, 0.6) is 0 Å². The maximum atomic E-state index is 4.23. The van der Waals surface area contributed by atoms with E-state index in [1.807, 2.05) is 14.8 Å². The first-order valence-corrected chi connectivity index (χ1v) is 5.67. The van der Waals surface area contributed by atoms with Gasteiger partial charge >= 0.3 is 87.2 Å². The number of benzene rings is 1. The first-order valence-electron chi connectivity index (χ1n) is 3.66. The molecule has 0 radical (unpaired) electrons. The second-order valence-electron chi connectivity index (χ2n) is 2.61. The van der Waals surface area contributed by atoms with Crippen LogP contribution in [0.15, 0.2) is 31.0 Å². The van der Waals surface area contributed by atoms with Crippen molar-refractivity contribution in [2.45, 2.75) is 0 Å². The molecule has 2 aromatic rings. The van der Waals surface area contributed by atoms with Crippen LogP contribution in [0.2, 0.25) is 0 Å². The average Bonchev–Trinajstić information content (AvgIpc) is 2.47. The van der Waals surface area contributed by atoms with Gasteiger partial charge in [0.1, 0.15) is 0 Å². The summed E-state index contributed by atoms with van der Waals surface area (Å²) in [5.74, 6) is 0. The van der Waals surface area contributed by atoms with Crippen LogP contribution in [0.3, 0.4) is 0 Å². The van der Waals surface area contributed by atoms with Gasteiger partial charge in [-0.2, -0.15) is 0 Å². The molecule has 2 nitrogen and oxygen atoms in total. The van der Waals surface area contributed by atoms with E-state index in [1.165, 1.54) is 10.9 Å². The van der Waals surface area contributed by atoms with Crippen molar-refractivity contribution in [2.75, 3.05) is 0 Å². The summed E-state index contributed by atoms with van der Waals surface area (Å²) >= 11 is 0.729. The van der Waals surface area contributed by atoms with Crippen molar-refractivity contribution in [2.24, 2.45) is 0 Å². The Kier molecular flexibility index (Phi) is 2.00. The van der Waals surface area contributed by atoms with Crippen molar-refractivity contribution in [3.63, 3.8) is 0 Å². The van der Waals surface area contributed by atoms with Gasteiger partial charge in [-0.05, 0) is 0 Å². The molecule has 0 saturated carbocycles. The molecule has 1 aromatic heterocycles. The minimum atomic E-state index is 0.729. The second-order valence-corrected chi connectivity index (χ2v) is 4.51. The van der Waals surface area contributed by atoms with Gasteiger partial charge in [0.15, 0.2) is 0 Å². The maximum absolute atomic E-state index is 4.23. The van der Waals surface area contributed by atoms with E-state index in [1.54, 1.807) is 0 Å². The fourth-order valence-corrected chi connectivity index (χ4v) is 2.31. The van der Waals surface area contributed by atoms with Crippen LogP contribution < -0.4 is 0 Å². The molecule has 1 heterocycles. The summed E-state index contributed by atoms with van der Waals surface area (Å²) in [4.78, 5) is 0. The third kappa shape index (κ3) is 1.20. The van der Waals surface area contributed by atoms with Crippen molar-refractivity contribution in [3.8, 4) is 0 Å². The molecular formula is C9H7N2Tl. The Morgan fingerprint density at radius 3 is 3.08 bits per heavy atom. The second kappa shape index (κ2) is 3.01. The third-order valence-electron chi connectivity index (χ3n) is 1.86. The van der Waals surface area contributed by atoms with Gasteiger partial charge in [0.05, 0.1) is 0 Å². The van der Waals surface area contributed by atoms with Gasteiger partial charge in [0, 0.05) is 0 Å². The van der Waals surface area contributed by atoms with E-state index in [-0.39, 0.29) is 0 Å². The predicted octanol–water partition coefficient (Wildman–Crippen LogP) is 1.61. The summed E-state index contributed by atoms with van der Waals surface area (Å²) in [6, 6.07) is 6.26. The standard InChI is InChI=1S/C9H7N2.Tl/c1-2-7-3-4-8-6-10-11-9(8)5-7;/h2-6H,1H2;/q-1;+1. The zero-order chi connectivity index (χ0) is 8.55. The SMILES string of the molecule is C=Cc1ccc2cn[n]([Tl])c2c1. The summed E-state index contributed by atoms with van der Waals surface area (Å²) < 4.78 is 2.03. The minimum absolute atomic E-state index is 0.729. The van der Waals surface area contributed by atoms with Crippen molar-refractivity contribution in [1.29, 1.82) is 0 Å². The molecule has 56 valence electrons. The molecule has 0 atom stereocenters. The van der Waals surface area contributed by atoms with E-state index in [0.29, 0.717) is 0 Å². The molecule has 2 rings (SSSR count). The number of fused-ring (bicyclic) bond motifs is 1. The molecule has 0 unspecified atom stereocenters. The fraction of sp³-hybridized carbons (Fsp3) is 0. The first-order chi connectivity index (χ1) is 5.81. The molecule has 0 bridgehead atoms. The van der Waals surface area contributed by atoms with Crippen LogP contribution in [-0.2, 0) is 0 Å². The number of rotatable bonds is 1. The summed E-state index contributed by atoms with van der Waals surface area (Å²) in [6.45, 7) is 3.74. The molecule has 0 saturated heterocycles. The Morgan fingerprint density at radius 1 is 1.50 bits per heavy atom. The average molecular weight is 348 g/mol. The van der Waals surface area contributed by atoms with E-state index in [2.05, 4.69) is 29.9 Å². The molecule has 3 heteroatoms. The summed E-state index contributed by atoms with van der Waals surface area (Å²) in [7, 11) is 0. The normalized spacial score (nSPS) is 10.2. The molecule has 0 aliphatic heterocycles. The van der Waals surface area contributed by atoms with Crippen molar-refractivity contribution >= 4 is 43.0 Å². The molecule has 12 heavy (non-hydrogen) atoms. The van der Waals surface area contributed by atoms with E-state index >= 15 is 0 Å². The number of nitrogens with zero attached hydrogens (tertiary/aromatic N) is 2. The monoisotopic (exact) mass is 348 g/mol. The van der Waals surface area contributed by atoms with Gasteiger partial charge in [-0.15, -0.1) is 0 Å². The van der Waals surface area contributed by atoms with Crippen molar-refractivity contribution < 1.29 is 0 Å². The quantitative estimate of drug-likeness (QED) is 0.717. The zero-order valence-corrected chi connectivity index (χ0v) is 11.1. The van der Waals surface area contributed by atoms with Crippen LogP contribution in [0.25, 0.3) is 17.0 Å². The summed E-state index contributed by atoms with van der Waals surface area (Å²) in [5, 5.41) is 5.44. The molecule has 0 fully saturated rings. The van der Waals surface area contributed by atoms with Crippen LogP contribution in [-0.4, -0.2) is 33.7 Å². The molecule has 1 aromatic carbocycles. The van der Waals surface area contributed by atoms with E-state index in [4.69, 9.17) is 0 Å². The number of hydrogen-bond donors (Lipinski definition) is 0. The van der Waals surface area contributed by atoms with Crippen molar-refractivity contribution in [1.82, 2.24) is 7.59 Å². The Hall–Kier alpha value is -0.648. The Labute approximate surface area is 87.0 Å². The Bertz CT molecular complexity index is 431. The van der Waals surface area contributed by atoms with Crippen molar-refractivity contribution in [3.05, 3.63) is 36.5 Å². The zero-order valence-electron chi connectivity index (χ0n) is 6.57. The van der Waals surface area contributed by atoms with E-state index in [0.717, 1.165) is 31.6 Å². The van der Waals surface area contributed by atoms with Gasteiger partial charge in [-0.3, -0.25) is 0 Å². The van der Waals surface area contributed by atoms with Gasteiger partial charge in [0.25, 0.3) is 0 Å². The summed E-state index contributed by atoms with van der Waals surface area (Å²) in [5.41, 5.74) is 2.38. The van der Waals surface area contributed by atoms with Gasteiger partial charge < -0.3 is 0 Å². The number of aromatic nitrogens is 2. The van der Waals surface area contributed by atoms with Gasteiger partial charge in [-0.1, -0.05) is 0 Å². The fourth-order valence-electron chi connectivity index (χ4n) is 1.18. The molecule has 0 aliphatic carbocycles. The Morgan fingerprint density at radius 2 is 2.33 bits per heavy atom. The Balaban J connectivity index is 2.79. The predicted molar refractivity (Wildman–Crippen MR) is 51.0 cm³/mol. The van der Waals surface area contributed by atoms with Gasteiger partial charge in [-0.25, -0.2) is 0 Å². The summed E-state index contributed by atoms with van der Waals surface area (Å²) in [6.07, 6.45) is 3.76. The first kappa shape index (κ1) is 7.97. The van der Waals surface area contributed by atoms with Crippen LogP contribution in [0, 0.1) is 0 Å². The van der Waals surface area contributed by atoms with Crippen LogP contribution in [0.4, 0.5) is 0 Å². The number of hydrogen-bond acceptors (Lipinski definition) is 1. The van der Waals surface area contributed by atoms with E-state index < -0.39 is 0 Å². The molecule has 0 spiro atoms. The molecule has 0 aliphatic rings. The molecule has 0 N–H and O–H groups in total.